The second-order valence-electron chi connectivity index (χ2n) is 5.19. The van der Waals surface area contributed by atoms with Crippen LogP contribution in [0.15, 0.2) is 54.6 Å². The van der Waals surface area contributed by atoms with Crippen molar-refractivity contribution in [3.63, 3.8) is 0 Å². The molecular formula is C17H19NO4. The van der Waals surface area contributed by atoms with Gasteiger partial charge in [0.2, 0.25) is 0 Å². The van der Waals surface area contributed by atoms with Crippen LogP contribution in [0.4, 0.5) is 4.79 Å². The van der Waals surface area contributed by atoms with Crippen molar-refractivity contribution in [3.05, 3.63) is 60.2 Å². The molecule has 0 bridgehead atoms. The zero-order valence-electron chi connectivity index (χ0n) is 12.2. The van der Waals surface area contributed by atoms with Gasteiger partial charge in [0.25, 0.3) is 0 Å². The number of hydrogen-bond acceptors (Lipinski definition) is 3. The number of amides is 1. The van der Waals surface area contributed by atoms with Gasteiger partial charge in [-0.05, 0) is 18.4 Å². The Labute approximate surface area is 129 Å². The van der Waals surface area contributed by atoms with Crippen molar-refractivity contribution < 1.29 is 19.4 Å². The quantitative estimate of drug-likeness (QED) is 0.847. The molecule has 1 amide bonds. The molecule has 0 radical (unpaired) electrons. The summed E-state index contributed by atoms with van der Waals surface area (Å²) in [5, 5.41) is 12.0. The standard InChI is InChI=1S/C17H19NO4/c19-15(20)17(9-5-2-6-10-17)11-12-18-16(21)22-13-14-7-3-1-4-8-14/h1-9H,10-13H2,(H,18,21)(H,19,20)/t17-/m0/s1. The first kappa shape index (κ1) is 15.8. The first-order valence-corrected chi connectivity index (χ1v) is 7.15. The van der Waals surface area contributed by atoms with E-state index in [1.165, 1.54) is 0 Å². The number of carboxylic acids is 1. The van der Waals surface area contributed by atoms with Crippen LogP contribution in [-0.4, -0.2) is 23.7 Å². The number of benzene rings is 1. The van der Waals surface area contributed by atoms with E-state index < -0.39 is 17.5 Å². The molecule has 1 aliphatic carbocycles. The lowest BCUT2D eigenvalue weighted by molar-refractivity contribution is -0.146. The first-order valence-electron chi connectivity index (χ1n) is 7.15. The van der Waals surface area contributed by atoms with Crippen LogP contribution in [0.3, 0.4) is 0 Å². The minimum absolute atomic E-state index is 0.194. The molecule has 1 aliphatic rings. The molecule has 0 saturated heterocycles. The molecule has 0 spiro atoms. The lowest BCUT2D eigenvalue weighted by atomic mass is 9.79. The molecule has 0 saturated carbocycles. The molecule has 116 valence electrons. The fourth-order valence-electron chi connectivity index (χ4n) is 2.28. The number of hydrogen-bond donors (Lipinski definition) is 2. The number of carbonyl (C=O) groups excluding carboxylic acids is 1. The summed E-state index contributed by atoms with van der Waals surface area (Å²) >= 11 is 0. The van der Waals surface area contributed by atoms with Gasteiger partial charge in [0.15, 0.2) is 0 Å². The van der Waals surface area contributed by atoms with Crippen LogP contribution in [0.25, 0.3) is 0 Å². The Kier molecular flexibility index (Phi) is 5.36. The lowest BCUT2D eigenvalue weighted by Crippen LogP contribution is -2.35. The van der Waals surface area contributed by atoms with Crippen molar-refractivity contribution in [2.75, 3.05) is 6.54 Å². The van der Waals surface area contributed by atoms with E-state index >= 15 is 0 Å². The second-order valence-corrected chi connectivity index (χ2v) is 5.19. The Hall–Kier alpha value is -2.56. The zero-order chi connectivity index (χ0) is 15.8. The molecule has 2 N–H and O–H groups in total. The SMILES string of the molecule is O=C(NCC[C@]1(C(=O)O)C=CC=CC1)OCc1ccccc1. The third-order valence-electron chi connectivity index (χ3n) is 3.62. The number of carbonyl (C=O) groups is 2. The summed E-state index contributed by atoms with van der Waals surface area (Å²) in [4.78, 5) is 23.1. The van der Waals surface area contributed by atoms with Gasteiger partial charge in [-0.2, -0.15) is 0 Å². The number of rotatable bonds is 6. The predicted octanol–water partition coefficient (Wildman–Crippen LogP) is 2.89. The Morgan fingerprint density at radius 2 is 2.00 bits per heavy atom. The normalized spacial score (nSPS) is 19.6. The van der Waals surface area contributed by atoms with Gasteiger partial charge in [0.1, 0.15) is 6.61 Å². The summed E-state index contributed by atoms with van der Waals surface area (Å²) < 4.78 is 5.08. The molecule has 5 heteroatoms. The average Bonchev–Trinajstić information content (AvgIpc) is 2.55. The highest BCUT2D eigenvalue weighted by Gasteiger charge is 2.35. The third-order valence-corrected chi connectivity index (χ3v) is 3.62. The maximum Gasteiger partial charge on any atom is 0.407 e. The molecule has 5 nitrogen and oxygen atoms in total. The second kappa shape index (κ2) is 7.45. The van der Waals surface area contributed by atoms with Gasteiger partial charge in [-0.1, -0.05) is 54.6 Å². The van der Waals surface area contributed by atoms with E-state index in [-0.39, 0.29) is 13.2 Å². The van der Waals surface area contributed by atoms with Crippen molar-refractivity contribution in [1.82, 2.24) is 5.32 Å². The number of nitrogens with one attached hydrogen (secondary N) is 1. The largest absolute Gasteiger partial charge is 0.481 e. The molecule has 0 fully saturated rings. The summed E-state index contributed by atoms with van der Waals surface area (Å²) in [6.07, 6.45) is 7.26. The van der Waals surface area contributed by atoms with Crippen molar-refractivity contribution in [1.29, 1.82) is 0 Å². The van der Waals surface area contributed by atoms with E-state index in [9.17, 15) is 14.7 Å². The smallest absolute Gasteiger partial charge is 0.407 e. The molecular weight excluding hydrogens is 282 g/mol. The van der Waals surface area contributed by atoms with Crippen LogP contribution in [0.2, 0.25) is 0 Å². The summed E-state index contributed by atoms with van der Waals surface area (Å²) in [6, 6.07) is 9.37. The molecule has 0 aromatic heterocycles. The highest BCUT2D eigenvalue weighted by atomic mass is 16.5. The maximum atomic E-state index is 11.6. The highest BCUT2D eigenvalue weighted by Crippen LogP contribution is 2.31. The minimum Gasteiger partial charge on any atom is -0.481 e. The summed E-state index contributed by atoms with van der Waals surface area (Å²) in [7, 11) is 0. The van der Waals surface area contributed by atoms with Gasteiger partial charge in [-0.3, -0.25) is 4.79 Å². The van der Waals surface area contributed by atoms with E-state index in [0.29, 0.717) is 12.8 Å². The third kappa shape index (κ3) is 4.22. The molecule has 1 aromatic rings. The number of ether oxygens (including phenoxy) is 1. The maximum absolute atomic E-state index is 11.6. The number of aliphatic carboxylic acids is 1. The fourth-order valence-corrected chi connectivity index (χ4v) is 2.28. The molecule has 1 aromatic carbocycles. The van der Waals surface area contributed by atoms with Crippen LogP contribution in [0.1, 0.15) is 18.4 Å². The average molecular weight is 301 g/mol. The van der Waals surface area contributed by atoms with Crippen molar-refractivity contribution in [2.45, 2.75) is 19.4 Å². The minimum atomic E-state index is -0.943. The van der Waals surface area contributed by atoms with E-state index in [1.54, 1.807) is 12.2 Å². The van der Waals surface area contributed by atoms with Gasteiger partial charge in [-0.25, -0.2) is 4.79 Å². The summed E-state index contributed by atoms with van der Waals surface area (Å²) in [6.45, 7) is 0.442. The van der Waals surface area contributed by atoms with Crippen molar-refractivity contribution in [2.24, 2.45) is 5.41 Å². The van der Waals surface area contributed by atoms with Gasteiger partial charge in [0.05, 0.1) is 5.41 Å². The number of alkyl carbamates (subject to hydrolysis) is 1. The van der Waals surface area contributed by atoms with Crippen LogP contribution < -0.4 is 5.32 Å². The van der Waals surface area contributed by atoms with Crippen molar-refractivity contribution in [3.8, 4) is 0 Å². The molecule has 0 unspecified atom stereocenters. The Morgan fingerprint density at radius 1 is 1.23 bits per heavy atom. The summed E-state index contributed by atoms with van der Waals surface area (Å²) in [5.74, 6) is -0.882. The van der Waals surface area contributed by atoms with E-state index in [0.717, 1.165) is 5.56 Å². The number of carboxylic acid groups (broad SMARTS) is 1. The molecule has 2 rings (SSSR count). The highest BCUT2D eigenvalue weighted by molar-refractivity contribution is 5.78. The zero-order valence-corrected chi connectivity index (χ0v) is 12.2. The van der Waals surface area contributed by atoms with Crippen LogP contribution in [0, 0.1) is 5.41 Å². The molecule has 22 heavy (non-hydrogen) atoms. The van der Waals surface area contributed by atoms with Gasteiger partial charge in [-0.15, -0.1) is 0 Å². The monoisotopic (exact) mass is 301 g/mol. The van der Waals surface area contributed by atoms with Gasteiger partial charge in [0, 0.05) is 6.54 Å². The first-order chi connectivity index (χ1) is 10.6. The molecule has 0 aliphatic heterocycles. The van der Waals surface area contributed by atoms with Crippen LogP contribution >= 0.6 is 0 Å². The lowest BCUT2D eigenvalue weighted by Gasteiger charge is -2.26. The van der Waals surface area contributed by atoms with Crippen LogP contribution in [-0.2, 0) is 16.1 Å². The van der Waals surface area contributed by atoms with E-state index in [2.05, 4.69) is 5.32 Å². The van der Waals surface area contributed by atoms with Crippen molar-refractivity contribution >= 4 is 12.1 Å². The Bertz CT molecular complexity index is 580. The molecule has 0 heterocycles. The van der Waals surface area contributed by atoms with E-state index in [1.807, 2.05) is 42.5 Å². The Balaban J connectivity index is 1.75. The molecule has 1 atom stereocenters. The topological polar surface area (TPSA) is 75.6 Å². The van der Waals surface area contributed by atoms with Gasteiger partial charge < -0.3 is 15.2 Å². The fraction of sp³-hybridized carbons (Fsp3) is 0.294. The predicted molar refractivity (Wildman–Crippen MR) is 82.2 cm³/mol. The van der Waals surface area contributed by atoms with E-state index in [4.69, 9.17) is 4.74 Å². The van der Waals surface area contributed by atoms with Crippen LogP contribution in [0.5, 0.6) is 0 Å². The van der Waals surface area contributed by atoms with Gasteiger partial charge >= 0.3 is 12.1 Å². The number of allylic oxidation sites excluding steroid dienone is 3. The Morgan fingerprint density at radius 3 is 2.64 bits per heavy atom. The summed E-state index contributed by atoms with van der Waals surface area (Å²) in [5.41, 5.74) is -0.0402.